The average molecular weight is 340 g/mol. The molecule has 0 saturated heterocycles. The van der Waals surface area contributed by atoms with E-state index in [1.165, 1.54) is 35.2 Å². The molecular formula is C15H17FN2O2S2. The maximum absolute atomic E-state index is 12.9. The summed E-state index contributed by atoms with van der Waals surface area (Å²) >= 11 is 2.82. The van der Waals surface area contributed by atoms with E-state index >= 15 is 0 Å². The number of halogens is 1. The maximum atomic E-state index is 12.9. The molecule has 0 aliphatic heterocycles. The zero-order valence-electron chi connectivity index (χ0n) is 12.1. The molecule has 7 heteroatoms. The Kier molecular flexibility index (Phi) is 6.35. The Morgan fingerprint density at radius 1 is 1.45 bits per heavy atom. The summed E-state index contributed by atoms with van der Waals surface area (Å²) in [6.07, 6.45) is 0. The van der Waals surface area contributed by atoms with Gasteiger partial charge in [-0.25, -0.2) is 9.37 Å². The molecule has 1 atom stereocenters. The Hall–Kier alpha value is -1.44. The minimum absolute atomic E-state index is 0.116. The molecule has 0 aliphatic rings. The van der Waals surface area contributed by atoms with Crippen LogP contribution in [0.25, 0.3) is 11.3 Å². The van der Waals surface area contributed by atoms with Crippen LogP contribution >= 0.6 is 23.1 Å². The van der Waals surface area contributed by atoms with Crippen molar-refractivity contribution in [3.63, 3.8) is 0 Å². The lowest BCUT2D eigenvalue weighted by molar-refractivity contribution is -0.113. The van der Waals surface area contributed by atoms with E-state index in [-0.39, 0.29) is 24.2 Å². The molecule has 0 fully saturated rings. The molecule has 2 aromatic rings. The highest BCUT2D eigenvalue weighted by Crippen LogP contribution is 2.25. The number of thiazole rings is 1. The number of aliphatic hydroxyl groups excluding tert-OH is 1. The third-order valence-corrected chi connectivity index (χ3v) is 4.87. The number of carbonyl (C=O) groups is 1. The number of aromatic nitrogens is 1. The molecule has 2 rings (SSSR count). The lowest BCUT2D eigenvalue weighted by atomic mass is 10.2. The number of rotatable bonds is 7. The fraction of sp³-hybridized carbons (Fsp3) is 0.333. The van der Waals surface area contributed by atoms with Crippen LogP contribution in [0.5, 0.6) is 0 Å². The van der Waals surface area contributed by atoms with Gasteiger partial charge in [-0.05, 0) is 35.9 Å². The molecule has 1 aromatic carbocycles. The standard InChI is InChI=1S/C15H17FN2O2S2/c1-10(6-19)7-21-9-14(20)18-15-17-13(8-22-15)11-2-4-12(16)5-3-11/h2-5,8,10,19H,6-7,9H2,1H3,(H,17,18,20). The van der Waals surface area contributed by atoms with E-state index in [4.69, 9.17) is 5.11 Å². The Balaban J connectivity index is 1.86. The van der Waals surface area contributed by atoms with Crippen LogP contribution in [0.1, 0.15) is 6.92 Å². The molecule has 0 bridgehead atoms. The quantitative estimate of drug-likeness (QED) is 0.812. The van der Waals surface area contributed by atoms with Crippen molar-refractivity contribution < 1.29 is 14.3 Å². The normalized spacial score (nSPS) is 12.1. The fourth-order valence-corrected chi connectivity index (χ4v) is 3.26. The molecule has 2 N–H and O–H groups in total. The van der Waals surface area contributed by atoms with Crippen molar-refractivity contribution in [1.82, 2.24) is 4.98 Å². The van der Waals surface area contributed by atoms with Crippen LogP contribution in [0.2, 0.25) is 0 Å². The van der Waals surface area contributed by atoms with Gasteiger partial charge >= 0.3 is 0 Å². The summed E-state index contributed by atoms with van der Waals surface area (Å²) < 4.78 is 12.9. The van der Waals surface area contributed by atoms with Gasteiger partial charge in [-0.1, -0.05) is 6.92 Å². The number of benzene rings is 1. The Morgan fingerprint density at radius 3 is 2.86 bits per heavy atom. The smallest absolute Gasteiger partial charge is 0.236 e. The van der Waals surface area contributed by atoms with Gasteiger partial charge in [0.15, 0.2) is 5.13 Å². The number of aliphatic hydroxyl groups is 1. The second-order valence-electron chi connectivity index (χ2n) is 4.90. The number of nitrogens with one attached hydrogen (secondary N) is 1. The largest absolute Gasteiger partial charge is 0.396 e. The first-order chi connectivity index (χ1) is 10.6. The highest BCUT2D eigenvalue weighted by molar-refractivity contribution is 7.99. The van der Waals surface area contributed by atoms with Crippen LogP contribution in [0.4, 0.5) is 9.52 Å². The number of amides is 1. The summed E-state index contributed by atoms with van der Waals surface area (Å²) in [6.45, 7) is 2.06. The van der Waals surface area contributed by atoms with E-state index in [0.29, 0.717) is 16.6 Å². The van der Waals surface area contributed by atoms with Crippen LogP contribution in [-0.2, 0) is 4.79 Å². The molecule has 4 nitrogen and oxygen atoms in total. The fourth-order valence-electron chi connectivity index (χ4n) is 1.65. The highest BCUT2D eigenvalue weighted by Gasteiger charge is 2.09. The zero-order chi connectivity index (χ0) is 15.9. The number of nitrogens with zero attached hydrogens (tertiary/aromatic N) is 1. The van der Waals surface area contributed by atoms with Crippen molar-refractivity contribution in [3.05, 3.63) is 35.5 Å². The van der Waals surface area contributed by atoms with Crippen LogP contribution < -0.4 is 5.32 Å². The van der Waals surface area contributed by atoms with Gasteiger partial charge in [-0.15, -0.1) is 11.3 Å². The Bertz CT molecular complexity index is 616. The average Bonchev–Trinajstić information content (AvgIpc) is 2.96. The van der Waals surface area contributed by atoms with Crippen molar-refractivity contribution in [3.8, 4) is 11.3 Å². The maximum Gasteiger partial charge on any atom is 0.236 e. The van der Waals surface area contributed by atoms with Crippen molar-refractivity contribution in [2.75, 3.05) is 23.4 Å². The van der Waals surface area contributed by atoms with E-state index < -0.39 is 0 Å². The second-order valence-corrected chi connectivity index (χ2v) is 6.78. The summed E-state index contributed by atoms with van der Waals surface area (Å²) in [4.78, 5) is 16.1. The van der Waals surface area contributed by atoms with Crippen molar-refractivity contribution in [1.29, 1.82) is 0 Å². The summed E-state index contributed by atoms with van der Waals surface area (Å²) in [5.41, 5.74) is 1.52. The van der Waals surface area contributed by atoms with Crippen LogP contribution in [0.15, 0.2) is 29.6 Å². The molecule has 1 unspecified atom stereocenters. The van der Waals surface area contributed by atoms with Gasteiger partial charge in [-0.3, -0.25) is 4.79 Å². The molecule has 0 saturated carbocycles. The molecule has 22 heavy (non-hydrogen) atoms. The first-order valence-electron chi connectivity index (χ1n) is 6.78. The third kappa shape index (κ3) is 5.08. The first-order valence-corrected chi connectivity index (χ1v) is 8.82. The molecule has 118 valence electrons. The number of hydrogen-bond donors (Lipinski definition) is 2. The summed E-state index contributed by atoms with van der Waals surface area (Å²) in [7, 11) is 0. The molecular weight excluding hydrogens is 323 g/mol. The molecule has 0 radical (unpaired) electrons. The van der Waals surface area contributed by atoms with Gasteiger partial charge in [0.1, 0.15) is 5.82 Å². The van der Waals surface area contributed by atoms with Gasteiger partial charge in [0.2, 0.25) is 5.91 Å². The van der Waals surface area contributed by atoms with E-state index in [2.05, 4.69) is 10.3 Å². The van der Waals surface area contributed by atoms with Gasteiger partial charge < -0.3 is 10.4 Å². The predicted molar refractivity (Wildman–Crippen MR) is 89.7 cm³/mol. The number of carbonyl (C=O) groups excluding carboxylic acids is 1. The van der Waals surface area contributed by atoms with Crippen LogP contribution in [0, 0.1) is 11.7 Å². The molecule has 1 amide bonds. The topological polar surface area (TPSA) is 62.2 Å². The summed E-state index contributed by atoms with van der Waals surface area (Å²) in [5, 5.41) is 14.0. The van der Waals surface area contributed by atoms with Crippen molar-refractivity contribution in [2.24, 2.45) is 5.92 Å². The predicted octanol–water partition coefficient (Wildman–Crippen LogP) is 3.25. The lowest BCUT2D eigenvalue weighted by Crippen LogP contribution is -2.15. The Labute approximate surface area is 136 Å². The minimum Gasteiger partial charge on any atom is -0.396 e. The Morgan fingerprint density at radius 2 is 2.18 bits per heavy atom. The number of hydrogen-bond acceptors (Lipinski definition) is 5. The monoisotopic (exact) mass is 340 g/mol. The SMILES string of the molecule is CC(CO)CSCC(=O)Nc1nc(-c2ccc(F)cc2)cs1. The van der Waals surface area contributed by atoms with E-state index in [1.54, 1.807) is 12.1 Å². The summed E-state index contributed by atoms with van der Waals surface area (Å²) in [5.74, 6) is 0.845. The van der Waals surface area contributed by atoms with Crippen LogP contribution in [-0.4, -0.2) is 34.1 Å². The van der Waals surface area contributed by atoms with Crippen molar-refractivity contribution >= 4 is 34.1 Å². The van der Waals surface area contributed by atoms with E-state index in [9.17, 15) is 9.18 Å². The van der Waals surface area contributed by atoms with E-state index in [0.717, 1.165) is 11.3 Å². The zero-order valence-corrected chi connectivity index (χ0v) is 13.7. The first kappa shape index (κ1) is 16.9. The van der Waals surface area contributed by atoms with Gasteiger partial charge in [0, 0.05) is 17.6 Å². The van der Waals surface area contributed by atoms with Gasteiger partial charge in [0.25, 0.3) is 0 Å². The highest BCUT2D eigenvalue weighted by atomic mass is 32.2. The third-order valence-electron chi connectivity index (χ3n) is 2.84. The van der Waals surface area contributed by atoms with Crippen molar-refractivity contribution in [2.45, 2.75) is 6.92 Å². The second kappa shape index (κ2) is 8.26. The lowest BCUT2D eigenvalue weighted by Gasteiger charge is -2.06. The van der Waals surface area contributed by atoms with Crippen LogP contribution in [0.3, 0.4) is 0 Å². The number of thioether (sulfide) groups is 1. The van der Waals surface area contributed by atoms with Gasteiger partial charge in [-0.2, -0.15) is 11.8 Å². The molecule has 1 aromatic heterocycles. The summed E-state index contributed by atoms with van der Waals surface area (Å²) in [6, 6.07) is 6.07. The van der Waals surface area contributed by atoms with Gasteiger partial charge in [0.05, 0.1) is 11.4 Å². The molecule has 0 spiro atoms. The molecule has 1 heterocycles. The number of anilines is 1. The minimum atomic E-state index is -0.290. The van der Waals surface area contributed by atoms with E-state index in [1.807, 2.05) is 12.3 Å². The molecule has 0 aliphatic carbocycles.